The van der Waals surface area contributed by atoms with E-state index in [4.69, 9.17) is 27.5 Å². The van der Waals surface area contributed by atoms with Gasteiger partial charge in [-0.05, 0) is 23.6 Å². The van der Waals surface area contributed by atoms with Crippen molar-refractivity contribution in [2.24, 2.45) is 0 Å². The highest BCUT2D eigenvalue weighted by molar-refractivity contribution is 8.13. The summed E-state index contributed by atoms with van der Waals surface area (Å²) in [4.78, 5) is -0.160. The molecule has 0 saturated heterocycles. The van der Waals surface area contributed by atoms with Gasteiger partial charge in [-0.3, -0.25) is 0 Å². The largest absolute Gasteiger partial charge is 0.262 e. The minimum Gasteiger partial charge on any atom is -0.207 e. The van der Waals surface area contributed by atoms with E-state index < -0.39 is 9.05 Å². The molecule has 6 heteroatoms. The molecular formula is C10H9Cl2NO2S. The average Bonchev–Trinajstić information content (AvgIpc) is 2.25. The Bertz CT molecular complexity index is 547. The molecule has 0 spiro atoms. The molecule has 0 N–H and O–H groups in total. The van der Waals surface area contributed by atoms with Gasteiger partial charge in [0.05, 0.1) is 5.56 Å². The number of benzene rings is 1. The Morgan fingerprint density at radius 1 is 1.44 bits per heavy atom. The lowest BCUT2D eigenvalue weighted by molar-refractivity contribution is 0.609. The zero-order valence-corrected chi connectivity index (χ0v) is 10.8. The Hall–Kier alpha value is -0.760. The lowest BCUT2D eigenvalue weighted by atomic mass is 10.0. The van der Waals surface area contributed by atoms with Crippen LogP contribution in [0.2, 0.25) is 0 Å². The van der Waals surface area contributed by atoms with Crippen LogP contribution in [0.15, 0.2) is 17.0 Å². The summed E-state index contributed by atoms with van der Waals surface area (Å²) in [6.07, 6.45) is 0.648. The van der Waals surface area contributed by atoms with Crippen LogP contribution in [-0.4, -0.2) is 8.42 Å². The molecule has 1 aromatic rings. The summed E-state index contributed by atoms with van der Waals surface area (Å²) in [5.74, 6) is 0.0795. The van der Waals surface area contributed by atoms with E-state index in [-0.39, 0.29) is 16.3 Å². The summed E-state index contributed by atoms with van der Waals surface area (Å²) in [5.41, 5.74) is 1.30. The van der Waals surface area contributed by atoms with Gasteiger partial charge in [0.25, 0.3) is 9.05 Å². The van der Waals surface area contributed by atoms with Crippen LogP contribution in [0, 0.1) is 11.3 Å². The van der Waals surface area contributed by atoms with Crippen LogP contribution in [0.3, 0.4) is 0 Å². The summed E-state index contributed by atoms with van der Waals surface area (Å²) >= 11 is 5.67. The van der Waals surface area contributed by atoms with E-state index >= 15 is 0 Å². The Kier molecular flexibility index (Phi) is 4.20. The standard InChI is InChI=1S/C10H9Cl2NO2S/c1-2-7-3-8(5-11)9(6-13)10(4-7)16(12,14)15/h3-4H,2,5H2,1H3. The number of hydrogen-bond acceptors (Lipinski definition) is 3. The SMILES string of the molecule is CCc1cc(CCl)c(C#N)c(S(=O)(=O)Cl)c1. The Labute approximate surface area is 104 Å². The minimum absolute atomic E-state index is 0.0298. The number of nitrogens with zero attached hydrogens (tertiary/aromatic N) is 1. The smallest absolute Gasteiger partial charge is 0.207 e. The first-order chi connectivity index (χ1) is 7.43. The summed E-state index contributed by atoms with van der Waals surface area (Å²) in [6.45, 7) is 1.88. The van der Waals surface area contributed by atoms with Crippen molar-refractivity contribution in [3.63, 3.8) is 0 Å². The number of aryl methyl sites for hydroxylation is 1. The van der Waals surface area contributed by atoms with E-state index in [9.17, 15) is 8.42 Å². The van der Waals surface area contributed by atoms with Gasteiger partial charge >= 0.3 is 0 Å². The first-order valence-electron chi connectivity index (χ1n) is 4.50. The highest BCUT2D eigenvalue weighted by Gasteiger charge is 2.19. The molecule has 0 unspecified atom stereocenters. The Morgan fingerprint density at radius 3 is 2.44 bits per heavy atom. The van der Waals surface area contributed by atoms with Crippen molar-refractivity contribution in [1.82, 2.24) is 0 Å². The van der Waals surface area contributed by atoms with Gasteiger partial charge in [0, 0.05) is 16.6 Å². The number of nitriles is 1. The van der Waals surface area contributed by atoms with Gasteiger partial charge in [0.1, 0.15) is 11.0 Å². The lowest BCUT2D eigenvalue weighted by Crippen LogP contribution is -2.01. The molecule has 16 heavy (non-hydrogen) atoms. The third-order valence-electron chi connectivity index (χ3n) is 2.17. The molecule has 0 aromatic heterocycles. The number of rotatable bonds is 3. The fourth-order valence-corrected chi connectivity index (χ4v) is 2.65. The van der Waals surface area contributed by atoms with Gasteiger partial charge in [0.2, 0.25) is 0 Å². The first-order valence-corrected chi connectivity index (χ1v) is 7.35. The fourth-order valence-electron chi connectivity index (χ4n) is 1.37. The van der Waals surface area contributed by atoms with Crippen LogP contribution in [0.5, 0.6) is 0 Å². The summed E-state index contributed by atoms with van der Waals surface area (Å²) in [6, 6.07) is 4.96. The second-order valence-corrected chi connectivity index (χ2v) is 5.97. The number of hydrogen-bond donors (Lipinski definition) is 0. The van der Waals surface area contributed by atoms with Gasteiger partial charge in [-0.1, -0.05) is 13.0 Å². The maximum Gasteiger partial charge on any atom is 0.262 e. The van der Waals surface area contributed by atoms with Crippen molar-refractivity contribution < 1.29 is 8.42 Å². The van der Waals surface area contributed by atoms with E-state index in [0.29, 0.717) is 12.0 Å². The molecule has 1 rings (SSSR count). The second kappa shape index (κ2) is 5.05. The lowest BCUT2D eigenvalue weighted by Gasteiger charge is -2.07. The van der Waals surface area contributed by atoms with Gasteiger partial charge in [0.15, 0.2) is 0 Å². The zero-order valence-electron chi connectivity index (χ0n) is 8.50. The van der Waals surface area contributed by atoms with Crippen LogP contribution in [0.4, 0.5) is 0 Å². The summed E-state index contributed by atoms with van der Waals surface area (Å²) < 4.78 is 22.6. The molecule has 0 saturated carbocycles. The van der Waals surface area contributed by atoms with Gasteiger partial charge in [-0.15, -0.1) is 11.6 Å². The topological polar surface area (TPSA) is 57.9 Å². The van der Waals surface area contributed by atoms with E-state index in [2.05, 4.69) is 0 Å². The molecule has 0 bridgehead atoms. The summed E-state index contributed by atoms with van der Waals surface area (Å²) in [5, 5.41) is 8.93. The number of halogens is 2. The second-order valence-electron chi connectivity index (χ2n) is 3.16. The van der Waals surface area contributed by atoms with E-state index in [0.717, 1.165) is 5.56 Å². The molecule has 0 aliphatic rings. The molecule has 3 nitrogen and oxygen atoms in total. The van der Waals surface area contributed by atoms with Crippen LogP contribution in [0.25, 0.3) is 0 Å². The highest BCUT2D eigenvalue weighted by Crippen LogP contribution is 2.26. The normalized spacial score (nSPS) is 11.1. The van der Waals surface area contributed by atoms with Gasteiger partial charge < -0.3 is 0 Å². The highest BCUT2D eigenvalue weighted by atomic mass is 35.7. The molecule has 86 valence electrons. The van der Waals surface area contributed by atoms with Crippen LogP contribution in [0.1, 0.15) is 23.6 Å². The van der Waals surface area contributed by atoms with Crippen LogP contribution >= 0.6 is 22.3 Å². The van der Waals surface area contributed by atoms with E-state index in [1.165, 1.54) is 6.07 Å². The summed E-state index contributed by atoms with van der Waals surface area (Å²) in [7, 11) is 1.36. The fraction of sp³-hybridized carbons (Fsp3) is 0.300. The Balaban J connectivity index is 3.65. The zero-order chi connectivity index (χ0) is 12.3. The van der Waals surface area contributed by atoms with Crippen molar-refractivity contribution in [2.75, 3.05) is 0 Å². The monoisotopic (exact) mass is 277 g/mol. The molecule has 0 aliphatic carbocycles. The molecule has 0 aliphatic heterocycles. The number of alkyl halides is 1. The molecular weight excluding hydrogens is 269 g/mol. The predicted molar refractivity (Wildman–Crippen MR) is 63.1 cm³/mol. The maximum absolute atomic E-state index is 11.3. The third kappa shape index (κ3) is 2.67. The van der Waals surface area contributed by atoms with Crippen molar-refractivity contribution in [3.8, 4) is 6.07 Å². The molecule has 0 fully saturated rings. The molecule has 0 atom stereocenters. The quantitative estimate of drug-likeness (QED) is 0.631. The molecule has 0 amide bonds. The van der Waals surface area contributed by atoms with Crippen molar-refractivity contribution >= 4 is 31.3 Å². The Morgan fingerprint density at radius 2 is 2.06 bits per heavy atom. The first kappa shape index (κ1) is 13.3. The predicted octanol–water partition coefficient (Wildman–Crippen LogP) is 2.79. The van der Waals surface area contributed by atoms with Crippen molar-refractivity contribution in [3.05, 3.63) is 28.8 Å². The van der Waals surface area contributed by atoms with Crippen LogP contribution < -0.4 is 0 Å². The molecule has 0 radical (unpaired) electrons. The van der Waals surface area contributed by atoms with Crippen molar-refractivity contribution in [2.45, 2.75) is 24.1 Å². The minimum atomic E-state index is -3.92. The third-order valence-corrected chi connectivity index (χ3v) is 3.80. The van der Waals surface area contributed by atoms with E-state index in [1.54, 1.807) is 6.07 Å². The van der Waals surface area contributed by atoms with E-state index in [1.807, 2.05) is 13.0 Å². The van der Waals surface area contributed by atoms with Gasteiger partial charge in [-0.2, -0.15) is 5.26 Å². The van der Waals surface area contributed by atoms with Crippen molar-refractivity contribution in [1.29, 1.82) is 5.26 Å². The molecule has 1 aromatic carbocycles. The van der Waals surface area contributed by atoms with Crippen LogP contribution in [-0.2, 0) is 21.4 Å². The average molecular weight is 278 g/mol. The van der Waals surface area contributed by atoms with Gasteiger partial charge in [-0.25, -0.2) is 8.42 Å². The maximum atomic E-state index is 11.3. The molecule has 0 heterocycles.